The van der Waals surface area contributed by atoms with Crippen LogP contribution < -0.4 is 9.47 Å². The topological polar surface area (TPSA) is 99.1 Å². The van der Waals surface area contributed by atoms with Gasteiger partial charge in [0.25, 0.3) is 10.1 Å². The maximum atomic E-state index is 10.9. The van der Waals surface area contributed by atoms with Crippen molar-refractivity contribution in [2.24, 2.45) is 0 Å². The van der Waals surface area contributed by atoms with E-state index in [2.05, 4.69) is 4.18 Å². The first-order chi connectivity index (χ1) is 8.81. The van der Waals surface area contributed by atoms with Gasteiger partial charge in [-0.15, -0.1) is 0 Å². The Morgan fingerprint density at radius 1 is 1.21 bits per heavy atom. The van der Waals surface area contributed by atoms with Gasteiger partial charge in [-0.2, -0.15) is 8.42 Å². The van der Waals surface area contributed by atoms with Crippen LogP contribution in [0.15, 0.2) is 18.2 Å². The quantitative estimate of drug-likeness (QED) is 0.584. The molecule has 1 rings (SSSR count). The number of carboxylic acid groups (broad SMARTS) is 1. The van der Waals surface area contributed by atoms with Crippen LogP contribution in [0, 0.1) is 0 Å². The summed E-state index contributed by atoms with van der Waals surface area (Å²) in [5.74, 6) is -0.524. The van der Waals surface area contributed by atoms with Gasteiger partial charge in [0.05, 0.1) is 18.9 Å². The fourth-order valence-corrected chi connectivity index (χ4v) is 1.61. The smallest absolute Gasteiger partial charge is 0.335 e. The van der Waals surface area contributed by atoms with Crippen LogP contribution in [0.25, 0.3) is 0 Å². The van der Waals surface area contributed by atoms with Crippen molar-refractivity contribution in [2.45, 2.75) is 0 Å². The first-order valence-electron chi connectivity index (χ1n) is 5.21. The summed E-state index contributed by atoms with van der Waals surface area (Å²) in [6.45, 7) is -0.183. The van der Waals surface area contributed by atoms with Crippen molar-refractivity contribution in [3.8, 4) is 11.5 Å². The van der Waals surface area contributed by atoms with Crippen molar-refractivity contribution in [3.63, 3.8) is 0 Å². The van der Waals surface area contributed by atoms with E-state index < -0.39 is 16.1 Å². The second kappa shape index (κ2) is 6.39. The lowest BCUT2D eigenvalue weighted by atomic mass is 10.2. The number of hydrogen-bond donors (Lipinski definition) is 1. The summed E-state index contributed by atoms with van der Waals surface area (Å²) in [6, 6.07) is 4.15. The molecule has 0 unspecified atom stereocenters. The maximum absolute atomic E-state index is 10.9. The Bertz CT molecular complexity index is 550. The number of ether oxygens (including phenoxy) is 2. The summed E-state index contributed by atoms with van der Waals surface area (Å²) in [5.41, 5.74) is 0.0124. The minimum Gasteiger partial charge on any atom is -0.497 e. The molecule has 1 N–H and O–H groups in total. The van der Waals surface area contributed by atoms with Crippen LogP contribution in [0.5, 0.6) is 11.5 Å². The average molecular weight is 290 g/mol. The van der Waals surface area contributed by atoms with Crippen LogP contribution in [0.2, 0.25) is 0 Å². The minimum atomic E-state index is -3.51. The van der Waals surface area contributed by atoms with Crippen LogP contribution in [0.4, 0.5) is 0 Å². The van der Waals surface area contributed by atoms with Gasteiger partial charge in [-0.25, -0.2) is 4.79 Å². The molecule has 1 aromatic rings. The molecule has 0 saturated carbocycles. The van der Waals surface area contributed by atoms with Crippen molar-refractivity contribution in [2.75, 3.05) is 26.6 Å². The van der Waals surface area contributed by atoms with Gasteiger partial charge < -0.3 is 14.6 Å². The number of carboxylic acids is 1. The van der Waals surface area contributed by atoms with Gasteiger partial charge in [0.15, 0.2) is 0 Å². The third kappa shape index (κ3) is 5.58. The van der Waals surface area contributed by atoms with Crippen LogP contribution in [-0.2, 0) is 14.3 Å². The highest BCUT2D eigenvalue weighted by molar-refractivity contribution is 7.85. The van der Waals surface area contributed by atoms with Crippen molar-refractivity contribution < 1.29 is 32.0 Å². The van der Waals surface area contributed by atoms with Crippen molar-refractivity contribution >= 4 is 16.1 Å². The lowest BCUT2D eigenvalue weighted by molar-refractivity contribution is 0.0696. The van der Waals surface area contributed by atoms with E-state index in [1.54, 1.807) is 0 Å². The highest BCUT2D eigenvalue weighted by atomic mass is 32.2. The van der Waals surface area contributed by atoms with E-state index >= 15 is 0 Å². The first kappa shape index (κ1) is 15.3. The number of carbonyl (C=O) groups is 1. The largest absolute Gasteiger partial charge is 0.497 e. The standard InChI is InChI=1S/C11H14O7S/c1-16-9-5-8(11(12)13)6-10(7-9)17-3-4-18-19(2,14)15/h5-7H,3-4H2,1-2H3,(H,12,13). The third-order valence-corrected chi connectivity index (χ3v) is 2.61. The molecule has 0 amide bonds. The van der Waals surface area contributed by atoms with Crippen molar-refractivity contribution in [3.05, 3.63) is 23.8 Å². The molecule has 106 valence electrons. The number of rotatable bonds is 7. The highest BCUT2D eigenvalue weighted by Gasteiger charge is 2.08. The molecule has 0 atom stereocenters. The van der Waals surface area contributed by atoms with Crippen molar-refractivity contribution in [1.29, 1.82) is 0 Å². The molecule has 0 saturated heterocycles. The van der Waals surface area contributed by atoms with E-state index in [1.807, 2.05) is 0 Å². The molecular formula is C11H14O7S. The van der Waals surface area contributed by atoms with E-state index in [-0.39, 0.29) is 24.5 Å². The Hall–Kier alpha value is -1.80. The summed E-state index contributed by atoms with van der Waals surface area (Å²) in [4.78, 5) is 10.9. The molecule has 7 nitrogen and oxygen atoms in total. The molecule has 0 aromatic heterocycles. The van der Waals surface area contributed by atoms with Crippen LogP contribution in [0.1, 0.15) is 10.4 Å². The molecule has 1 aromatic carbocycles. The highest BCUT2D eigenvalue weighted by Crippen LogP contribution is 2.22. The molecule has 8 heteroatoms. The molecule has 0 fully saturated rings. The van der Waals surface area contributed by atoms with E-state index in [9.17, 15) is 13.2 Å². The maximum Gasteiger partial charge on any atom is 0.335 e. The first-order valence-corrected chi connectivity index (χ1v) is 7.03. The van der Waals surface area contributed by atoms with Gasteiger partial charge in [-0.3, -0.25) is 4.18 Å². The minimum absolute atomic E-state index is 0.0124. The molecule has 0 radical (unpaired) electrons. The molecule has 0 bridgehead atoms. The fraction of sp³-hybridized carbons (Fsp3) is 0.364. The van der Waals surface area contributed by atoms with Crippen LogP contribution in [-0.4, -0.2) is 46.1 Å². The zero-order chi connectivity index (χ0) is 14.5. The molecular weight excluding hydrogens is 276 g/mol. The summed E-state index contributed by atoms with van der Waals surface area (Å²) >= 11 is 0. The zero-order valence-electron chi connectivity index (χ0n) is 10.5. The van der Waals surface area contributed by atoms with Gasteiger partial charge >= 0.3 is 5.97 Å². The Kier molecular flexibility index (Phi) is 5.13. The van der Waals surface area contributed by atoms with Gasteiger partial charge in [-0.05, 0) is 12.1 Å². The Balaban J connectivity index is 2.67. The second-order valence-corrected chi connectivity index (χ2v) is 5.22. The fourth-order valence-electron chi connectivity index (χ4n) is 1.24. The molecule has 0 spiro atoms. The van der Waals surface area contributed by atoms with Gasteiger partial charge in [0.1, 0.15) is 24.7 Å². The van der Waals surface area contributed by atoms with E-state index in [0.29, 0.717) is 5.75 Å². The monoisotopic (exact) mass is 290 g/mol. The number of aromatic carboxylic acids is 1. The van der Waals surface area contributed by atoms with E-state index in [1.165, 1.54) is 25.3 Å². The SMILES string of the molecule is COc1cc(OCCOS(C)(=O)=O)cc(C(=O)O)c1. The van der Waals surface area contributed by atoms with Gasteiger partial charge in [0.2, 0.25) is 0 Å². The number of methoxy groups -OCH3 is 1. The van der Waals surface area contributed by atoms with Crippen LogP contribution >= 0.6 is 0 Å². The van der Waals surface area contributed by atoms with Crippen molar-refractivity contribution in [1.82, 2.24) is 0 Å². The van der Waals surface area contributed by atoms with E-state index in [0.717, 1.165) is 6.26 Å². The predicted molar refractivity (Wildman–Crippen MR) is 66.2 cm³/mol. The van der Waals surface area contributed by atoms with E-state index in [4.69, 9.17) is 14.6 Å². The molecule has 0 aliphatic carbocycles. The molecule has 0 aliphatic heterocycles. The predicted octanol–water partition coefficient (Wildman–Crippen LogP) is 0.748. The second-order valence-electron chi connectivity index (χ2n) is 3.58. The summed E-state index contributed by atoms with van der Waals surface area (Å²) in [5, 5.41) is 8.89. The Morgan fingerprint density at radius 3 is 2.37 bits per heavy atom. The lowest BCUT2D eigenvalue weighted by Crippen LogP contribution is -2.11. The van der Waals surface area contributed by atoms with Crippen LogP contribution in [0.3, 0.4) is 0 Å². The number of benzene rings is 1. The number of hydrogen-bond acceptors (Lipinski definition) is 6. The summed E-state index contributed by atoms with van der Waals surface area (Å²) in [6.07, 6.45) is 0.932. The lowest BCUT2D eigenvalue weighted by Gasteiger charge is -2.09. The molecule has 0 heterocycles. The molecule has 0 aliphatic rings. The zero-order valence-corrected chi connectivity index (χ0v) is 11.3. The summed E-state index contributed by atoms with van der Waals surface area (Å²) < 4.78 is 36.0. The van der Waals surface area contributed by atoms with Gasteiger partial charge in [0, 0.05) is 6.07 Å². The average Bonchev–Trinajstić information content (AvgIpc) is 2.33. The Morgan fingerprint density at radius 2 is 1.84 bits per heavy atom. The van der Waals surface area contributed by atoms with Gasteiger partial charge in [-0.1, -0.05) is 0 Å². The normalized spacial score (nSPS) is 11.1. The third-order valence-electron chi connectivity index (χ3n) is 2.01. The molecule has 19 heavy (non-hydrogen) atoms. The summed E-state index contributed by atoms with van der Waals surface area (Å²) in [7, 11) is -2.11. The Labute approximate surface area is 110 Å².